The first kappa shape index (κ1) is 23.0. The molecule has 0 atom stereocenters. The van der Waals surface area contributed by atoms with Crippen molar-refractivity contribution in [2.75, 3.05) is 26.7 Å². The van der Waals surface area contributed by atoms with E-state index in [0.717, 1.165) is 23.3 Å². The summed E-state index contributed by atoms with van der Waals surface area (Å²) >= 11 is 0. The fourth-order valence-electron chi connectivity index (χ4n) is 4.23. The highest BCUT2D eigenvalue weighted by Crippen LogP contribution is 2.32. The molecule has 4 rings (SSSR count). The van der Waals surface area contributed by atoms with Crippen LogP contribution in [0.5, 0.6) is 0 Å². The van der Waals surface area contributed by atoms with Gasteiger partial charge in [0, 0.05) is 25.7 Å². The summed E-state index contributed by atoms with van der Waals surface area (Å²) in [6, 6.07) is 9.12. The molecule has 1 spiro atoms. The van der Waals surface area contributed by atoms with Crippen LogP contribution in [0.3, 0.4) is 0 Å². The van der Waals surface area contributed by atoms with E-state index in [1.54, 1.807) is 18.2 Å². The monoisotopic (exact) mass is 456 g/mol. The van der Waals surface area contributed by atoms with Crippen LogP contribution in [-0.4, -0.2) is 55.0 Å². The molecule has 1 saturated heterocycles. The Morgan fingerprint density at radius 3 is 2.55 bits per heavy atom. The average molecular weight is 456 g/mol. The minimum atomic E-state index is -1.03. The largest absolute Gasteiger partial charge is 0.355 e. The van der Waals surface area contributed by atoms with Crippen molar-refractivity contribution in [3.63, 3.8) is 0 Å². The van der Waals surface area contributed by atoms with E-state index in [2.05, 4.69) is 15.6 Å². The summed E-state index contributed by atoms with van der Waals surface area (Å²) in [4.78, 5) is 34.7. The fraction of sp³-hybridized carbons (Fsp3) is 0.375. The number of hydrogen-bond donors (Lipinski definition) is 2. The van der Waals surface area contributed by atoms with Gasteiger partial charge in [-0.1, -0.05) is 12.1 Å². The summed E-state index contributed by atoms with van der Waals surface area (Å²) in [5.74, 6) is -2.04. The van der Waals surface area contributed by atoms with Crippen LogP contribution in [0, 0.1) is 18.6 Å². The second-order valence-corrected chi connectivity index (χ2v) is 8.28. The van der Waals surface area contributed by atoms with Gasteiger partial charge >= 0.3 is 0 Å². The molecule has 0 radical (unpaired) electrons. The van der Waals surface area contributed by atoms with Crippen molar-refractivity contribution in [2.24, 2.45) is 4.99 Å². The number of amides is 2. The molecule has 7 nitrogen and oxygen atoms in total. The molecule has 2 aliphatic rings. The number of aryl methyl sites for hydroxylation is 1. The zero-order valence-electron chi connectivity index (χ0n) is 18.6. The minimum absolute atomic E-state index is 0.0550. The first-order valence-electron chi connectivity index (χ1n) is 10.9. The van der Waals surface area contributed by atoms with E-state index < -0.39 is 17.2 Å². The Kier molecular flexibility index (Phi) is 6.53. The van der Waals surface area contributed by atoms with Crippen molar-refractivity contribution in [2.45, 2.75) is 31.7 Å². The van der Waals surface area contributed by atoms with Crippen molar-refractivity contribution in [3.8, 4) is 0 Å². The lowest BCUT2D eigenvalue weighted by Gasteiger charge is -2.34. The second-order valence-electron chi connectivity index (χ2n) is 8.28. The van der Waals surface area contributed by atoms with Crippen molar-refractivity contribution >= 4 is 17.6 Å². The first-order chi connectivity index (χ1) is 15.8. The maximum Gasteiger partial charge on any atom is 0.253 e. The molecule has 9 heteroatoms. The molecule has 2 aromatic rings. The predicted molar refractivity (Wildman–Crippen MR) is 119 cm³/mol. The minimum Gasteiger partial charge on any atom is -0.355 e. The van der Waals surface area contributed by atoms with Crippen LogP contribution >= 0.6 is 0 Å². The van der Waals surface area contributed by atoms with Crippen molar-refractivity contribution in [1.82, 2.24) is 15.7 Å². The molecule has 33 heavy (non-hydrogen) atoms. The number of hydroxylamine groups is 2. The van der Waals surface area contributed by atoms with Gasteiger partial charge in [-0.2, -0.15) is 5.06 Å². The van der Waals surface area contributed by atoms with Crippen LogP contribution < -0.4 is 10.6 Å². The summed E-state index contributed by atoms with van der Waals surface area (Å²) in [6.45, 7) is 3.35. The Bertz CT molecular complexity index is 1090. The highest BCUT2D eigenvalue weighted by molar-refractivity contribution is 6.15. The molecule has 0 unspecified atom stereocenters. The molecule has 2 N–H and O–H groups in total. The van der Waals surface area contributed by atoms with E-state index in [4.69, 9.17) is 4.84 Å². The van der Waals surface area contributed by atoms with Crippen molar-refractivity contribution in [3.05, 3.63) is 70.3 Å². The molecular weight excluding hydrogens is 430 g/mol. The number of aliphatic imine (C=N–C) groups is 1. The van der Waals surface area contributed by atoms with Crippen LogP contribution in [0.1, 0.15) is 39.9 Å². The number of amidine groups is 1. The molecule has 174 valence electrons. The predicted octanol–water partition coefficient (Wildman–Crippen LogP) is 2.52. The van der Waals surface area contributed by atoms with Crippen LogP contribution in [0.25, 0.3) is 0 Å². The third-order valence-corrected chi connectivity index (χ3v) is 6.21. The second kappa shape index (κ2) is 9.36. The lowest BCUT2D eigenvalue weighted by Crippen LogP contribution is -2.49. The number of hydrogen-bond acceptors (Lipinski definition) is 5. The van der Waals surface area contributed by atoms with Crippen LogP contribution in [-0.2, 0) is 16.1 Å². The normalized spacial score (nSPS) is 17.7. The lowest BCUT2D eigenvalue weighted by molar-refractivity contribution is -0.176. The molecule has 2 aliphatic heterocycles. The molecule has 2 amide bonds. The molecule has 0 aliphatic carbocycles. The van der Waals surface area contributed by atoms with Gasteiger partial charge in [-0.05, 0) is 61.6 Å². The van der Waals surface area contributed by atoms with E-state index in [1.807, 2.05) is 19.1 Å². The van der Waals surface area contributed by atoms with Gasteiger partial charge in [0.2, 0.25) is 0 Å². The molecule has 0 bridgehead atoms. The summed E-state index contributed by atoms with van der Waals surface area (Å²) in [5.41, 5.74) is 1.38. The summed E-state index contributed by atoms with van der Waals surface area (Å²) in [7, 11) is 1.60. The molecule has 2 aromatic carbocycles. The SMILES string of the molecule is CNC(=O)c1ccc(CCON2CCC3(CC2)N=C(c2c(F)cccc2F)NC3=O)c(C)c1. The average Bonchev–Trinajstić information content (AvgIpc) is 3.10. The van der Waals surface area contributed by atoms with Crippen molar-refractivity contribution in [1.29, 1.82) is 0 Å². The highest BCUT2D eigenvalue weighted by atomic mass is 19.1. The van der Waals surface area contributed by atoms with Gasteiger partial charge in [0.25, 0.3) is 11.8 Å². The van der Waals surface area contributed by atoms with Gasteiger partial charge in [0.05, 0.1) is 12.2 Å². The summed E-state index contributed by atoms with van der Waals surface area (Å²) in [6.07, 6.45) is 1.45. The molecule has 1 fully saturated rings. The van der Waals surface area contributed by atoms with E-state index in [1.165, 1.54) is 6.07 Å². The molecular formula is C24H26F2N4O3. The number of rotatable bonds is 6. The quantitative estimate of drug-likeness (QED) is 0.700. The van der Waals surface area contributed by atoms with E-state index >= 15 is 0 Å². The molecule has 0 aromatic heterocycles. The van der Waals surface area contributed by atoms with E-state index in [0.29, 0.717) is 44.5 Å². The van der Waals surface area contributed by atoms with E-state index in [9.17, 15) is 18.4 Å². The number of benzene rings is 2. The Morgan fingerprint density at radius 2 is 1.91 bits per heavy atom. The topological polar surface area (TPSA) is 83.0 Å². The fourth-order valence-corrected chi connectivity index (χ4v) is 4.23. The van der Waals surface area contributed by atoms with Gasteiger partial charge in [0.15, 0.2) is 0 Å². The van der Waals surface area contributed by atoms with Gasteiger partial charge in [-0.25, -0.2) is 8.78 Å². The number of piperidine rings is 1. The third-order valence-electron chi connectivity index (χ3n) is 6.21. The van der Waals surface area contributed by atoms with Crippen LogP contribution in [0.4, 0.5) is 8.78 Å². The standard InChI is InChI=1S/C24H26F2N4O3/c1-15-14-17(22(31)27-2)7-6-16(15)8-13-33-30-11-9-24(10-12-30)23(32)28-21(29-24)20-18(25)4-3-5-19(20)26/h3-7,14H,8-13H2,1-2H3,(H,27,31)(H,28,29,32). The highest BCUT2D eigenvalue weighted by Gasteiger charge is 2.46. The van der Waals surface area contributed by atoms with Gasteiger partial charge in [-0.3, -0.25) is 19.4 Å². The number of nitrogens with one attached hydrogen (secondary N) is 2. The number of carbonyl (C=O) groups excluding carboxylic acids is 2. The summed E-state index contributed by atoms with van der Waals surface area (Å²) in [5, 5.41) is 6.96. The summed E-state index contributed by atoms with van der Waals surface area (Å²) < 4.78 is 28.2. The van der Waals surface area contributed by atoms with Crippen molar-refractivity contribution < 1.29 is 23.2 Å². The Morgan fingerprint density at radius 1 is 1.21 bits per heavy atom. The van der Waals surface area contributed by atoms with Gasteiger partial charge < -0.3 is 10.6 Å². The number of nitrogens with zero attached hydrogens (tertiary/aromatic N) is 2. The van der Waals surface area contributed by atoms with Crippen LogP contribution in [0.2, 0.25) is 0 Å². The van der Waals surface area contributed by atoms with E-state index in [-0.39, 0.29) is 23.2 Å². The Labute approximate surface area is 190 Å². The van der Waals surface area contributed by atoms with Gasteiger partial charge in [0.1, 0.15) is 23.0 Å². The maximum atomic E-state index is 14.1. The lowest BCUT2D eigenvalue weighted by atomic mass is 9.89. The number of carbonyl (C=O) groups is 2. The zero-order chi connectivity index (χ0) is 23.6. The van der Waals surface area contributed by atoms with Crippen LogP contribution in [0.15, 0.2) is 41.4 Å². The van der Waals surface area contributed by atoms with Gasteiger partial charge in [-0.15, -0.1) is 0 Å². The third kappa shape index (κ3) is 4.65. The smallest absolute Gasteiger partial charge is 0.253 e. The Balaban J connectivity index is 1.33. The first-order valence-corrected chi connectivity index (χ1v) is 10.9. The molecule has 2 heterocycles. The number of halogens is 2. The molecule has 0 saturated carbocycles. The zero-order valence-corrected chi connectivity index (χ0v) is 18.6. The Hall–Kier alpha value is -3.17. The maximum absolute atomic E-state index is 14.1.